The van der Waals surface area contributed by atoms with E-state index in [0.29, 0.717) is 23.4 Å². The Hall–Kier alpha value is -4.08. The maximum atomic E-state index is 14.4. The van der Waals surface area contributed by atoms with E-state index in [0.717, 1.165) is 31.2 Å². The number of ether oxygens (including phenoxy) is 2. The second-order valence-electron chi connectivity index (χ2n) is 11.6. The van der Waals surface area contributed by atoms with E-state index in [-0.39, 0.29) is 19.4 Å². The minimum atomic E-state index is -1.14. The Labute approximate surface area is 255 Å². The van der Waals surface area contributed by atoms with Crippen LogP contribution < -0.4 is 21.1 Å². The normalized spacial score (nSPS) is 12.5. The van der Waals surface area contributed by atoms with Crippen molar-refractivity contribution in [3.63, 3.8) is 0 Å². The quantitative estimate of drug-likeness (QED) is 0.214. The third-order valence-electron chi connectivity index (χ3n) is 6.85. The molecule has 4 N–H and O–H groups in total. The van der Waals surface area contributed by atoms with E-state index in [4.69, 9.17) is 15.2 Å². The average molecular weight is 597 g/mol. The van der Waals surface area contributed by atoms with Crippen LogP contribution in [0.25, 0.3) is 0 Å². The van der Waals surface area contributed by atoms with Crippen LogP contribution in [0.5, 0.6) is 5.75 Å². The summed E-state index contributed by atoms with van der Waals surface area (Å²) in [5.41, 5.74) is 6.64. The van der Waals surface area contributed by atoms with Gasteiger partial charge in [-0.25, -0.2) is 4.79 Å². The van der Waals surface area contributed by atoms with E-state index in [1.807, 2.05) is 31.2 Å². The highest BCUT2D eigenvalue weighted by Crippen LogP contribution is 2.28. The predicted molar refractivity (Wildman–Crippen MR) is 168 cm³/mol. The van der Waals surface area contributed by atoms with Gasteiger partial charge in [0, 0.05) is 18.7 Å². The summed E-state index contributed by atoms with van der Waals surface area (Å²) >= 11 is 0. The lowest BCUT2D eigenvalue weighted by atomic mass is 9.97. The zero-order valence-corrected chi connectivity index (χ0v) is 26.4. The molecule has 2 unspecified atom stereocenters. The van der Waals surface area contributed by atoms with Crippen molar-refractivity contribution in [3.05, 3.63) is 59.7 Å². The molecule has 0 aliphatic rings. The van der Waals surface area contributed by atoms with Gasteiger partial charge in [-0.05, 0) is 75.9 Å². The molecule has 0 aliphatic heterocycles. The first-order valence-electron chi connectivity index (χ1n) is 14.9. The number of nitrogens with zero attached hydrogens (tertiary/aromatic N) is 1. The van der Waals surface area contributed by atoms with Gasteiger partial charge in [-0.15, -0.1) is 0 Å². The van der Waals surface area contributed by atoms with Crippen molar-refractivity contribution in [1.29, 1.82) is 0 Å². The second-order valence-corrected chi connectivity index (χ2v) is 11.6. The van der Waals surface area contributed by atoms with E-state index in [2.05, 4.69) is 17.6 Å². The second kappa shape index (κ2) is 17.1. The number of hydrogen-bond acceptors (Lipinski definition) is 6. The van der Waals surface area contributed by atoms with Gasteiger partial charge in [0.25, 0.3) is 5.91 Å². The Morgan fingerprint density at radius 3 is 2.19 bits per heavy atom. The van der Waals surface area contributed by atoms with E-state index in [9.17, 15) is 19.2 Å². The van der Waals surface area contributed by atoms with Crippen LogP contribution in [-0.2, 0) is 19.1 Å². The fraction of sp³-hybridized carbons (Fsp3) is 0.515. The summed E-state index contributed by atoms with van der Waals surface area (Å²) in [7, 11) is 1.56. The van der Waals surface area contributed by atoms with Crippen LogP contribution in [0.4, 0.5) is 10.5 Å². The number of methoxy groups -OCH3 is 1. The molecule has 0 radical (unpaired) electrons. The molecule has 0 bridgehead atoms. The number of alkyl carbamates (subject to hydrolysis) is 1. The summed E-state index contributed by atoms with van der Waals surface area (Å²) in [6.07, 6.45) is 3.66. The SMILES string of the molecule is CCCCCCCN(C(=O)C(CCC(N)=O)NC(=O)OC(C)(C)C)C(C(=O)Nc1ccc(OC)cc1)c1ccccc1C. The molecule has 0 aromatic heterocycles. The fourth-order valence-electron chi connectivity index (χ4n) is 4.68. The zero-order chi connectivity index (χ0) is 32.0. The maximum Gasteiger partial charge on any atom is 0.408 e. The topological polar surface area (TPSA) is 140 Å². The third kappa shape index (κ3) is 12.0. The van der Waals surface area contributed by atoms with Crippen molar-refractivity contribution < 1.29 is 28.7 Å². The lowest BCUT2D eigenvalue weighted by Gasteiger charge is -2.35. The molecule has 0 heterocycles. The van der Waals surface area contributed by atoms with Gasteiger partial charge in [0.1, 0.15) is 23.4 Å². The number of carbonyl (C=O) groups is 4. The Balaban J connectivity index is 2.54. The summed E-state index contributed by atoms with van der Waals surface area (Å²) in [5, 5.41) is 5.59. The van der Waals surface area contributed by atoms with Crippen LogP contribution in [0.15, 0.2) is 48.5 Å². The highest BCUT2D eigenvalue weighted by atomic mass is 16.6. The molecule has 2 aromatic carbocycles. The fourth-order valence-corrected chi connectivity index (χ4v) is 4.68. The number of nitrogens with two attached hydrogens (primary N) is 1. The number of amides is 4. The van der Waals surface area contributed by atoms with Crippen LogP contribution >= 0.6 is 0 Å². The third-order valence-corrected chi connectivity index (χ3v) is 6.85. The van der Waals surface area contributed by atoms with Crippen molar-refractivity contribution >= 4 is 29.5 Å². The number of unbranched alkanes of at least 4 members (excludes halogenated alkanes) is 4. The van der Waals surface area contributed by atoms with E-state index >= 15 is 0 Å². The first-order valence-corrected chi connectivity index (χ1v) is 14.9. The Kier molecular flexibility index (Phi) is 14.0. The molecule has 2 aromatic rings. The standard InChI is InChI=1S/C33H48N4O6/c1-7-8-9-10-13-22-37(31(40)27(20-21-28(34)38)36-32(41)43-33(3,4)5)29(26-15-12-11-14-23(26)2)30(39)35-24-16-18-25(42-6)19-17-24/h11-12,14-19,27,29H,7-10,13,20-22H2,1-6H3,(H2,34,38)(H,35,39)(H,36,41). The number of rotatable bonds is 16. The zero-order valence-electron chi connectivity index (χ0n) is 26.4. The van der Waals surface area contributed by atoms with Gasteiger partial charge in [-0.2, -0.15) is 0 Å². The van der Waals surface area contributed by atoms with Crippen molar-refractivity contribution in [2.75, 3.05) is 19.0 Å². The van der Waals surface area contributed by atoms with Gasteiger partial charge in [-0.1, -0.05) is 56.9 Å². The van der Waals surface area contributed by atoms with E-state index in [1.165, 1.54) is 4.90 Å². The van der Waals surface area contributed by atoms with Gasteiger partial charge >= 0.3 is 6.09 Å². The molecule has 10 nitrogen and oxygen atoms in total. The van der Waals surface area contributed by atoms with Crippen LogP contribution in [0.3, 0.4) is 0 Å². The number of primary amides is 1. The molecule has 0 spiro atoms. The van der Waals surface area contributed by atoms with Crippen LogP contribution in [0.1, 0.15) is 89.8 Å². The molecule has 0 saturated heterocycles. The Morgan fingerprint density at radius 2 is 1.60 bits per heavy atom. The molecular weight excluding hydrogens is 548 g/mol. The lowest BCUT2D eigenvalue weighted by Crippen LogP contribution is -2.53. The number of anilines is 1. The molecule has 4 amide bonds. The molecule has 2 rings (SSSR count). The molecule has 0 aliphatic carbocycles. The minimum Gasteiger partial charge on any atom is -0.497 e. The van der Waals surface area contributed by atoms with E-state index < -0.39 is 41.5 Å². The van der Waals surface area contributed by atoms with Gasteiger partial charge < -0.3 is 30.7 Å². The number of aryl methyl sites for hydroxylation is 1. The summed E-state index contributed by atoms with van der Waals surface area (Å²) < 4.78 is 10.6. The van der Waals surface area contributed by atoms with Crippen LogP contribution in [0, 0.1) is 6.92 Å². The van der Waals surface area contributed by atoms with Gasteiger partial charge in [0.05, 0.1) is 7.11 Å². The molecule has 0 fully saturated rings. The maximum absolute atomic E-state index is 14.4. The van der Waals surface area contributed by atoms with Crippen molar-refractivity contribution in [2.24, 2.45) is 5.73 Å². The highest BCUT2D eigenvalue weighted by Gasteiger charge is 2.37. The summed E-state index contributed by atoms with van der Waals surface area (Å²) in [6, 6.07) is 12.2. The average Bonchev–Trinajstić information content (AvgIpc) is 2.94. The highest BCUT2D eigenvalue weighted by molar-refractivity contribution is 5.99. The molecule has 236 valence electrons. The van der Waals surface area contributed by atoms with Gasteiger partial charge in [-0.3, -0.25) is 14.4 Å². The monoisotopic (exact) mass is 596 g/mol. The molecule has 43 heavy (non-hydrogen) atoms. The first kappa shape index (κ1) is 35.1. The first-order chi connectivity index (χ1) is 20.4. The molecule has 2 atom stereocenters. The van der Waals surface area contributed by atoms with Gasteiger partial charge in [0.15, 0.2) is 0 Å². The van der Waals surface area contributed by atoms with Crippen molar-refractivity contribution in [3.8, 4) is 5.75 Å². The smallest absolute Gasteiger partial charge is 0.408 e. The lowest BCUT2D eigenvalue weighted by molar-refractivity contribution is -0.141. The Morgan fingerprint density at radius 1 is 0.953 bits per heavy atom. The van der Waals surface area contributed by atoms with Crippen molar-refractivity contribution in [1.82, 2.24) is 10.2 Å². The Bertz CT molecular complexity index is 1210. The predicted octanol–water partition coefficient (Wildman–Crippen LogP) is 5.64. The van der Waals surface area contributed by atoms with Crippen molar-refractivity contribution in [2.45, 2.75) is 97.2 Å². The van der Waals surface area contributed by atoms with E-state index in [1.54, 1.807) is 52.1 Å². The van der Waals surface area contributed by atoms with Crippen LogP contribution in [-0.4, -0.2) is 54.0 Å². The molecule has 10 heteroatoms. The van der Waals surface area contributed by atoms with Crippen LogP contribution in [0.2, 0.25) is 0 Å². The molecule has 0 saturated carbocycles. The molecular formula is C33H48N4O6. The number of carbonyl (C=O) groups excluding carboxylic acids is 4. The van der Waals surface area contributed by atoms with Gasteiger partial charge in [0.2, 0.25) is 11.8 Å². The summed E-state index contributed by atoms with van der Waals surface area (Å²) in [6.45, 7) is 9.42. The minimum absolute atomic E-state index is 0.0413. The largest absolute Gasteiger partial charge is 0.497 e. The summed E-state index contributed by atoms with van der Waals surface area (Å²) in [5.74, 6) is -0.876. The summed E-state index contributed by atoms with van der Waals surface area (Å²) in [4.78, 5) is 54.4. The number of nitrogens with one attached hydrogen (secondary N) is 2. The number of hydrogen-bond donors (Lipinski definition) is 3. The number of benzene rings is 2.